The normalized spacial score (nSPS) is 12.6. The van der Waals surface area contributed by atoms with Crippen molar-refractivity contribution in [3.05, 3.63) is 114 Å². The van der Waals surface area contributed by atoms with Crippen LogP contribution in [0.25, 0.3) is 16.5 Å². The Kier molecular flexibility index (Phi) is 7.15. The highest BCUT2D eigenvalue weighted by Gasteiger charge is 2.25. The molecular formula is C29H28N4O2S2. The summed E-state index contributed by atoms with van der Waals surface area (Å²) in [5.41, 5.74) is 4.41. The minimum absolute atomic E-state index is 0.216. The maximum atomic E-state index is 13.3. The Morgan fingerprint density at radius 1 is 0.838 bits per heavy atom. The molecule has 5 aromatic rings. The Hall–Kier alpha value is -3.46. The van der Waals surface area contributed by atoms with Crippen LogP contribution in [0.5, 0.6) is 0 Å². The van der Waals surface area contributed by atoms with E-state index < -0.39 is 16.1 Å². The lowest BCUT2D eigenvalue weighted by Crippen LogP contribution is -2.28. The van der Waals surface area contributed by atoms with Crippen molar-refractivity contribution in [1.29, 1.82) is 0 Å². The number of nitrogens with zero attached hydrogens (tertiary/aromatic N) is 3. The summed E-state index contributed by atoms with van der Waals surface area (Å²) in [4.78, 5) is 0.216. The molecule has 1 unspecified atom stereocenters. The van der Waals surface area contributed by atoms with Gasteiger partial charge in [-0.15, -0.1) is 10.2 Å². The molecule has 0 radical (unpaired) electrons. The van der Waals surface area contributed by atoms with Crippen molar-refractivity contribution in [2.24, 2.45) is 0 Å². The van der Waals surface area contributed by atoms with Gasteiger partial charge in [-0.3, -0.25) is 4.57 Å². The smallest absolute Gasteiger partial charge is 0.241 e. The second-order valence-corrected chi connectivity index (χ2v) is 11.8. The van der Waals surface area contributed by atoms with Gasteiger partial charge in [0.25, 0.3) is 0 Å². The van der Waals surface area contributed by atoms with Crippen molar-refractivity contribution in [1.82, 2.24) is 19.5 Å². The maximum absolute atomic E-state index is 13.3. The minimum Gasteiger partial charge on any atom is -0.273 e. The molecule has 1 heterocycles. The average Bonchev–Trinajstić information content (AvgIpc) is 3.31. The SMILES string of the molecule is Cc1ccc(-n2c(SCc3cccc(C)c3)nnc2C(C)NS(=O)(=O)c2ccc3ccccc3c2)cc1. The standard InChI is InChI=1S/C29H28N4O2S2/c1-20-11-14-26(15-12-20)33-28(30-31-29(33)36-19-23-8-6-7-21(2)17-23)22(3)32-37(34,35)27-16-13-24-9-4-5-10-25(24)18-27/h4-18,22,32H,19H2,1-3H3. The van der Waals surface area contributed by atoms with Crippen molar-refractivity contribution in [2.75, 3.05) is 0 Å². The zero-order valence-corrected chi connectivity index (χ0v) is 22.6. The van der Waals surface area contributed by atoms with Crippen LogP contribution in [0.2, 0.25) is 0 Å². The highest BCUT2D eigenvalue weighted by atomic mass is 32.2. The van der Waals surface area contributed by atoms with Gasteiger partial charge in [0, 0.05) is 11.4 Å². The van der Waals surface area contributed by atoms with E-state index in [-0.39, 0.29) is 4.90 Å². The number of hydrogen-bond acceptors (Lipinski definition) is 5. The monoisotopic (exact) mass is 528 g/mol. The summed E-state index contributed by atoms with van der Waals surface area (Å²) >= 11 is 1.57. The molecule has 188 valence electrons. The number of thioether (sulfide) groups is 1. The minimum atomic E-state index is -3.79. The molecule has 1 atom stereocenters. The summed E-state index contributed by atoms with van der Waals surface area (Å²) in [7, 11) is -3.79. The third kappa shape index (κ3) is 5.61. The van der Waals surface area contributed by atoms with Gasteiger partial charge in [0.2, 0.25) is 10.0 Å². The van der Waals surface area contributed by atoms with Crippen LogP contribution in [-0.4, -0.2) is 23.2 Å². The number of nitrogens with one attached hydrogen (secondary N) is 1. The summed E-state index contributed by atoms with van der Waals surface area (Å²) in [5, 5.41) is 11.5. The first-order valence-electron chi connectivity index (χ1n) is 12.0. The fraction of sp³-hybridized carbons (Fsp3) is 0.172. The molecule has 0 spiro atoms. The van der Waals surface area contributed by atoms with Crippen LogP contribution in [0, 0.1) is 13.8 Å². The second kappa shape index (κ2) is 10.5. The fourth-order valence-electron chi connectivity index (χ4n) is 4.23. The zero-order chi connectivity index (χ0) is 26.0. The van der Waals surface area contributed by atoms with Gasteiger partial charge in [-0.25, -0.2) is 13.1 Å². The third-order valence-corrected chi connectivity index (χ3v) is 8.69. The second-order valence-electron chi connectivity index (χ2n) is 9.14. The first kappa shape index (κ1) is 25.2. The van der Waals surface area contributed by atoms with E-state index in [1.54, 1.807) is 30.8 Å². The number of sulfonamides is 1. The lowest BCUT2D eigenvalue weighted by Gasteiger charge is -2.17. The van der Waals surface area contributed by atoms with Gasteiger partial charge in [0.15, 0.2) is 11.0 Å². The van der Waals surface area contributed by atoms with Gasteiger partial charge in [0.05, 0.1) is 10.9 Å². The highest BCUT2D eigenvalue weighted by molar-refractivity contribution is 7.98. The number of aromatic nitrogens is 3. The van der Waals surface area contributed by atoms with E-state index in [0.29, 0.717) is 11.0 Å². The Balaban J connectivity index is 1.46. The summed E-state index contributed by atoms with van der Waals surface area (Å²) in [6.45, 7) is 5.90. The Morgan fingerprint density at radius 3 is 2.35 bits per heavy atom. The van der Waals surface area contributed by atoms with Crippen LogP contribution >= 0.6 is 11.8 Å². The van der Waals surface area contributed by atoms with Crippen molar-refractivity contribution in [2.45, 2.75) is 42.6 Å². The first-order valence-corrected chi connectivity index (χ1v) is 14.5. The molecule has 1 N–H and O–H groups in total. The van der Waals surface area contributed by atoms with Crippen molar-refractivity contribution >= 4 is 32.6 Å². The van der Waals surface area contributed by atoms with E-state index in [1.807, 2.05) is 72.2 Å². The van der Waals surface area contributed by atoms with E-state index in [1.165, 1.54) is 11.1 Å². The molecule has 0 aliphatic carbocycles. The van der Waals surface area contributed by atoms with Crippen molar-refractivity contribution in [3.63, 3.8) is 0 Å². The van der Waals surface area contributed by atoms with Gasteiger partial charge < -0.3 is 0 Å². The van der Waals surface area contributed by atoms with Crippen molar-refractivity contribution < 1.29 is 8.42 Å². The van der Waals surface area contributed by atoms with Gasteiger partial charge in [-0.2, -0.15) is 0 Å². The molecule has 37 heavy (non-hydrogen) atoms. The van der Waals surface area contributed by atoms with Crippen LogP contribution in [0.1, 0.15) is 35.5 Å². The molecule has 0 saturated carbocycles. The fourth-order valence-corrected chi connectivity index (χ4v) is 6.37. The highest BCUT2D eigenvalue weighted by Crippen LogP contribution is 2.29. The van der Waals surface area contributed by atoms with Crippen LogP contribution in [-0.2, 0) is 15.8 Å². The summed E-state index contributed by atoms with van der Waals surface area (Å²) < 4.78 is 31.4. The average molecular weight is 529 g/mol. The summed E-state index contributed by atoms with van der Waals surface area (Å²) in [6, 6.07) is 28.7. The first-order chi connectivity index (χ1) is 17.8. The van der Waals surface area contributed by atoms with E-state index in [4.69, 9.17) is 0 Å². The van der Waals surface area contributed by atoms with Gasteiger partial charge in [0.1, 0.15) is 0 Å². The molecule has 8 heteroatoms. The molecular weight excluding hydrogens is 500 g/mol. The molecule has 1 aromatic heterocycles. The molecule has 0 amide bonds. The molecule has 0 bridgehead atoms. The van der Waals surface area contributed by atoms with E-state index in [0.717, 1.165) is 27.8 Å². The predicted molar refractivity (Wildman–Crippen MR) is 150 cm³/mol. The van der Waals surface area contributed by atoms with Gasteiger partial charge >= 0.3 is 0 Å². The summed E-state index contributed by atoms with van der Waals surface area (Å²) in [6.07, 6.45) is 0. The molecule has 0 aliphatic heterocycles. The lowest BCUT2D eigenvalue weighted by molar-refractivity contribution is 0.556. The Bertz CT molecular complexity index is 1660. The lowest BCUT2D eigenvalue weighted by atomic mass is 10.1. The Morgan fingerprint density at radius 2 is 1.59 bits per heavy atom. The van der Waals surface area contributed by atoms with E-state index in [2.05, 4.69) is 40.0 Å². The predicted octanol–water partition coefficient (Wildman–Crippen LogP) is 6.37. The summed E-state index contributed by atoms with van der Waals surface area (Å²) in [5.74, 6) is 1.25. The number of aryl methyl sites for hydroxylation is 2. The van der Waals surface area contributed by atoms with Crippen LogP contribution in [0.3, 0.4) is 0 Å². The van der Waals surface area contributed by atoms with E-state index >= 15 is 0 Å². The molecule has 0 aliphatic rings. The number of benzene rings is 4. The molecule has 4 aromatic carbocycles. The molecule has 0 fully saturated rings. The van der Waals surface area contributed by atoms with Gasteiger partial charge in [-0.05, 0) is 61.4 Å². The zero-order valence-electron chi connectivity index (χ0n) is 20.9. The van der Waals surface area contributed by atoms with Crippen LogP contribution in [0.15, 0.2) is 101 Å². The van der Waals surface area contributed by atoms with Crippen molar-refractivity contribution in [3.8, 4) is 5.69 Å². The van der Waals surface area contributed by atoms with Crippen LogP contribution < -0.4 is 4.72 Å². The molecule has 0 saturated heterocycles. The molecule has 6 nitrogen and oxygen atoms in total. The molecule has 5 rings (SSSR count). The van der Waals surface area contributed by atoms with E-state index in [9.17, 15) is 8.42 Å². The largest absolute Gasteiger partial charge is 0.273 e. The quantitative estimate of drug-likeness (QED) is 0.237. The topological polar surface area (TPSA) is 76.9 Å². The number of hydrogen-bond donors (Lipinski definition) is 1. The third-order valence-electron chi connectivity index (χ3n) is 6.15. The maximum Gasteiger partial charge on any atom is 0.241 e. The number of rotatable bonds is 8. The van der Waals surface area contributed by atoms with Crippen LogP contribution in [0.4, 0.5) is 0 Å². The van der Waals surface area contributed by atoms with Gasteiger partial charge in [-0.1, -0.05) is 89.6 Å². The Labute approximate surface area is 221 Å². The number of fused-ring (bicyclic) bond motifs is 1.